The highest BCUT2D eigenvalue weighted by molar-refractivity contribution is 9.11. The van der Waals surface area contributed by atoms with Crippen molar-refractivity contribution in [2.45, 2.75) is 9.05 Å². The number of carbonyl (C=O) groups is 3. The molecule has 1 unspecified atom stereocenters. The van der Waals surface area contributed by atoms with Gasteiger partial charge in [-0.1, -0.05) is 40.2 Å². The third kappa shape index (κ3) is 1.64. The highest BCUT2D eigenvalue weighted by Crippen LogP contribution is 2.44. The first-order valence-electron chi connectivity index (χ1n) is 6.30. The average molecular weight is 359 g/mol. The quantitative estimate of drug-likeness (QED) is 0.577. The number of alkyl halides is 1. The molecule has 1 heterocycles. The zero-order valence-electron chi connectivity index (χ0n) is 10.6. The summed E-state index contributed by atoms with van der Waals surface area (Å²) in [6.45, 7) is 0. The predicted octanol–water partition coefficient (Wildman–Crippen LogP) is 3.47. The fourth-order valence-electron chi connectivity index (χ4n) is 2.79. The molecule has 1 aliphatic carbocycles. The molecule has 102 valence electrons. The van der Waals surface area contributed by atoms with Crippen LogP contribution in [-0.4, -0.2) is 21.5 Å². The molecule has 0 saturated carbocycles. The molecule has 0 spiro atoms. The normalized spacial score (nSPS) is 19.3. The monoisotopic (exact) mass is 358 g/mol. The Kier molecular flexibility index (Phi) is 2.71. The summed E-state index contributed by atoms with van der Waals surface area (Å²) in [5.74, 6) is -0.584. The van der Waals surface area contributed by atoms with Gasteiger partial charge in [-0.25, -0.2) is 0 Å². The Morgan fingerprint density at radius 1 is 0.810 bits per heavy atom. The molecule has 0 saturated heterocycles. The molecule has 0 fully saturated rings. The van der Waals surface area contributed by atoms with E-state index in [0.29, 0.717) is 22.3 Å². The van der Waals surface area contributed by atoms with Crippen molar-refractivity contribution in [1.29, 1.82) is 0 Å². The topological polar surface area (TPSA) is 51.2 Å². The summed E-state index contributed by atoms with van der Waals surface area (Å²) in [7, 11) is 0. The van der Waals surface area contributed by atoms with E-state index in [9.17, 15) is 14.4 Å². The zero-order valence-corrected chi connectivity index (χ0v) is 13.0. The third-order valence-electron chi connectivity index (χ3n) is 3.74. The summed E-state index contributed by atoms with van der Waals surface area (Å²) in [4.78, 5) is 38.3. The summed E-state index contributed by atoms with van der Waals surface area (Å²) in [6.07, 6.45) is 0. The molecule has 1 aliphatic heterocycles. The van der Waals surface area contributed by atoms with Crippen molar-refractivity contribution in [2.24, 2.45) is 0 Å². The van der Waals surface area contributed by atoms with Gasteiger partial charge in [0.15, 0.2) is 17.3 Å². The first-order chi connectivity index (χ1) is 10.1. The number of benzene rings is 2. The van der Waals surface area contributed by atoms with Gasteiger partial charge in [-0.15, -0.1) is 11.8 Å². The van der Waals surface area contributed by atoms with Crippen LogP contribution in [-0.2, 0) is 0 Å². The van der Waals surface area contributed by atoms with Gasteiger partial charge < -0.3 is 0 Å². The van der Waals surface area contributed by atoms with Crippen LogP contribution in [0.2, 0.25) is 0 Å². The maximum absolute atomic E-state index is 12.7. The molecule has 2 aromatic rings. The van der Waals surface area contributed by atoms with E-state index >= 15 is 0 Å². The molecule has 3 nitrogen and oxygen atoms in total. The molecule has 5 heteroatoms. The summed E-state index contributed by atoms with van der Waals surface area (Å²) < 4.78 is -0.390. The van der Waals surface area contributed by atoms with Crippen molar-refractivity contribution in [3.63, 3.8) is 0 Å². The van der Waals surface area contributed by atoms with E-state index in [4.69, 9.17) is 0 Å². The first-order valence-corrected chi connectivity index (χ1v) is 8.09. The van der Waals surface area contributed by atoms with Crippen molar-refractivity contribution in [1.82, 2.24) is 0 Å². The number of ketones is 3. The van der Waals surface area contributed by atoms with E-state index in [1.165, 1.54) is 11.8 Å². The highest BCUT2D eigenvalue weighted by Gasteiger charge is 2.39. The van der Waals surface area contributed by atoms with E-state index in [2.05, 4.69) is 15.9 Å². The number of Topliss-reactive ketones (excluding diaryl/α,β-unsaturated/α-hetero) is 1. The van der Waals surface area contributed by atoms with Crippen LogP contribution in [0.5, 0.6) is 0 Å². The fourth-order valence-corrected chi connectivity index (χ4v) is 4.54. The summed E-state index contributed by atoms with van der Waals surface area (Å²) >= 11 is 4.66. The summed E-state index contributed by atoms with van der Waals surface area (Å²) in [6, 6.07) is 10.1. The first kappa shape index (κ1) is 13.0. The van der Waals surface area contributed by atoms with Crippen LogP contribution in [0.1, 0.15) is 42.2 Å². The van der Waals surface area contributed by atoms with Crippen molar-refractivity contribution in [3.8, 4) is 0 Å². The van der Waals surface area contributed by atoms with Crippen LogP contribution >= 0.6 is 27.7 Å². The van der Waals surface area contributed by atoms with E-state index in [1.54, 1.807) is 36.4 Å². The molecule has 0 N–H and O–H groups in total. The summed E-state index contributed by atoms with van der Waals surface area (Å²) in [5, 5.41) is 0. The lowest BCUT2D eigenvalue weighted by Crippen LogP contribution is -2.24. The minimum atomic E-state index is -0.390. The van der Waals surface area contributed by atoms with Gasteiger partial charge in [0, 0.05) is 32.7 Å². The second-order valence-corrected chi connectivity index (χ2v) is 7.53. The SMILES string of the molecule is O=C1c2ccccc2C(=O)c2c1ccc1c2C(=O)C(Br)S1. The average Bonchev–Trinajstić information content (AvgIpc) is 2.79. The molecule has 2 aliphatic rings. The minimum Gasteiger partial charge on any atom is -0.292 e. The third-order valence-corrected chi connectivity index (χ3v) is 5.73. The van der Waals surface area contributed by atoms with Crippen molar-refractivity contribution < 1.29 is 14.4 Å². The molecule has 4 rings (SSSR count). The highest BCUT2D eigenvalue weighted by atomic mass is 79.9. The van der Waals surface area contributed by atoms with Gasteiger partial charge in [0.05, 0.1) is 0 Å². The summed E-state index contributed by atoms with van der Waals surface area (Å²) in [5.41, 5.74) is 1.75. The molecule has 1 atom stereocenters. The smallest absolute Gasteiger partial charge is 0.195 e. The number of thioether (sulfide) groups is 1. The van der Waals surface area contributed by atoms with Gasteiger partial charge in [0.25, 0.3) is 0 Å². The van der Waals surface area contributed by atoms with E-state index in [-0.39, 0.29) is 27.1 Å². The second-order valence-electron chi connectivity index (χ2n) is 4.86. The molecule has 0 aromatic heterocycles. The number of carbonyl (C=O) groups excluding carboxylic acids is 3. The Balaban J connectivity index is 2.06. The standard InChI is InChI=1S/C16H7BrO3S/c17-16-15(20)12-10(21-16)6-5-9-11(12)14(19)8-4-2-1-3-7(8)13(9)18/h1-6,16H. The number of halogens is 1. The number of fused-ring (bicyclic) bond motifs is 4. The molecule has 21 heavy (non-hydrogen) atoms. The van der Waals surface area contributed by atoms with E-state index in [0.717, 1.165) is 4.90 Å². The molecule has 0 amide bonds. The fraction of sp³-hybridized carbons (Fsp3) is 0.0625. The predicted molar refractivity (Wildman–Crippen MR) is 82.7 cm³/mol. The Morgan fingerprint density at radius 3 is 2.19 bits per heavy atom. The Hall–Kier alpha value is -1.72. The van der Waals surface area contributed by atoms with Crippen molar-refractivity contribution in [3.05, 3.63) is 64.2 Å². The largest absolute Gasteiger partial charge is 0.292 e. The maximum atomic E-state index is 12.7. The van der Waals surface area contributed by atoms with Crippen LogP contribution in [0.15, 0.2) is 41.3 Å². The molecule has 0 bridgehead atoms. The zero-order chi connectivity index (χ0) is 14.7. The molecular formula is C16H7BrO3S. The van der Waals surface area contributed by atoms with Gasteiger partial charge in [-0.3, -0.25) is 14.4 Å². The van der Waals surface area contributed by atoms with Crippen LogP contribution in [0.3, 0.4) is 0 Å². The molecular weight excluding hydrogens is 352 g/mol. The lowest BCUT2D eigenvalue weighted by Gasteiger charge is -2.19. The van der Waals surface area contributed by atoms with Crippen LogP contribution in [0, 0.1) is 0 Å². The lowest BCUT2D eigenvalue weighted by atomic mass is 9.81. The van der Waals surface area contributed by atoms with Crippen molar-refractivity contribution >= 4 is 45.0 Å². The molecule has 0 radical (unpaired) electrons. The van der Waals surface area contributed by atoms with Gasteiger partial charge in [0.2, 0.25) is 0 Å². The van der Waals surface area contributed by atoms with Crippen molar-refractivity contribution in [2.75, 3.05) is 0 Å². The van der Waals surface area contributed by atoms with Gasteiger partial charge in [-0.2, -0.15) is 0 Å². The number of hydrogen-bond donors (Lipinski definition) is 0. The van der Waals surface area contributed by atoms with E-state index in [1.807, 2.05) is 0 Å². The number of hydrogen-bond acceptors (Lipinski definition) is 4. The van der Waals surface area contributed by atoms with Gasteiger partial charge >= 0.3 is 0 Å². The Labute approximate surface area is 132 Å². The molecule has 2 aromatic carbocycles. The van der Waals surface area contributed by atoms with Gasteiger partial charge in [0.1, 0.15) is 4.16 Å². The minimum absolute atomic E-state index is 0.146. The van der Waals surface area contributed by atoms with Crippen LogP contribution in [0.4, 0.5) is 0 Å². The Morgan fingerprint density at radius 2 is 1.48 bits per heavy atom. The van der Waals surface area contributed by atoms with Crippen LogP contribution in [0.25, 0.3) is 0 Å². The number of rotatable bonds is 0. The maximum Gasteiger partial charge on any atom is 0.195 e. The Bertz CT molecular complexity index is 857. The van der Waals surface area contributed by atoms with Crippen LogP contribution < -0.4 is 0 Å². The van der Waals surface area contributed by atoms with Gasteiger partial charge in [-0.05, 0) is 12.1 Å². The lowest BCUT2D eigenvalue weighted by molar-refractivity contribution is 0.0967. The second kappa shape index (κ2) is 4.39. The van der Waals surface area contributed by atoms with E-state index < -0.39 is 0 Å².